The Morgan fingerprint density at radius 1 is 1.08 bits per heavy atom. The van der Waals surface area contributed by atoms with Crippen molar-refractivity contribution in [1.82, 2.24) is 0 Å². The second-order valence-electron chi connectivity index (χ2n) is 9.01. The highest BCUT2D eigenvalue weighted by Crippen LogP contribution is 2.54. The van der Waals surface area contributed by atoms with Gasteiger partial charge in [-0.2, -0.15) is 0 Å². The SMILES string of the molecule is CC(C)(C)[Si](C)(C)O[C@]1(C)C[C@](C=O)(c2ccc(OC(F)(F)F)cc2)C1. The lowest BCUT2D eigenvalue weighted by Crippen LogP contribution is -2.60. The number of aldehydes is 1. The molecule has 0 aromatic heterocycles. The molecule has 0 spiro atoms. The number of rotatable bonds is 5. The van der Waals surface area contributed by atoms with Crippen LogP contribution in [-0.2, 0) is 14.6 Å². The molecule has 26 heavy (non-hydrogen) atoms. The van der Waals surface area contributed by atoms with Crippen LogP contribution in [0.2, 0.25) is 18.1 Å². The molecule has 1 aliphatic carbocycles. The molecule has 0 N–H and O–H groups in total. The fourth-order valence-electron chi connectivity index (χ4n) is 3.47. The Kier molecular flexibility index (Phi) is 5.14. The van der Waals surface area contributed by atoms with Crippen molar-refractivity contribution in [3.05, 3.63) is 29.8 Å². The van der Waals surface area contributed by atoms with E-state index in [-0.39, 0.29) is 10.8 Å². The lowest BCUT2D eigenvalue weighted by molar-refractivity contribution is -0.274. The van der Waals surface area contributed by atoms with Crippen molar-refractivity contribution in [3.63, 3.8) is 0 Å². The van der Waals surface area contributed by atoms with Gasteiger partial charge in [-0.3, -0.25) is 0 Å². The third-order valence-corrected chi connectivity index (χ3v) is 10.2. The Morgan fingerprint density at radius 2 is 1.58 bits per heavy atom. The molecule has 1 aliphatic rings. The first kappa shape index (κ1) is 21.0. The van der Waals surface area contributed by atoms with Gasteiger partial charge < -0.3 is 14.0 Å². The Morgan fingerprint density at radius 3 is 1.96 bits per heavy atom. The van der Waals surface area contributed by atoms with Crippen LogP contribution < -0.4 is 4.74 Å². The lowest BCUT2D eigenvalue weighted by Gasteiger charge is -2.56. The maximum atomic E-state index is 12.3. The van der Waals surface area contributed by atoms with E-state index in [1.807, 2.05) is 6.92 Å². The molecule has 0 heterocycles. The van der Waals surface area contributed by atoms with Crippen molar-refractivity contribution in [2.24, 2.45) is 0 Å². The van der Waals surface area contributed by atoms with Gasteiger partial charge in [0, 0.05) is 0 Å². The van der Waals surface area contributed by atoms with E-state index >= 15 is 0 Å². The molecule has 0 bridgehead atoms. The number of halogens is 3. The van der Waals surface area contributed by atoms with Crippen LogP contribution in [0.25, 0.3) is 0 Å². The Balaban J connectivity index is 2.14. The number of hydrogen-bond donors (Lipinski definition) is 0. The van der Waals surface area contributed by atoms with Crippen molar-refractivity contribution >= 4 is 14.6 Å². The van der Waals surface area contributed by atoms with Crippen molar-refractivity contribution in [2.75, 3.05) is 0 Å². The van der Waals surface area contributed by atoms with E-state index in [1.54, 1.807) is 0 Å². The number of benzene rings is 1. The summed E-state index contributed by atoms with van der Waals surface area (Å²) in [4.78, 5) is 11.8. The Hall–Kier alpha value is -1.34. The van der Waals surface area contributed by atoms with Crippen LogP contribution in [0.5, 0.6) is 5.75 Å². The van der Waals surface area contributed by atoms with E-state index < -0.39 is 25.7 Å². The average Bonchev–Trinajstić information content (AvgIpc) is 2.41. The van der Waals surface area contributed by atoms with Crippen LogP contribution in [0.1, 0.15) is 46.1 Å². The number of ether oxygens (including phenoxy) is 1. The number of alkyl halides is 3. The molecule has 0 unspecified atom stereocenters. The van der Waals surface area contributed by atoms with Gasteiger partial charge in [-0.15, -0.1) is 13.2 Å². The van der Waals surface area contributed by atoms with Gasteiger partial charge in [0.15, 0.2) is 8.32 Å². The third kappa shape index (κ3) is 4.31. The highest BCUT2D eigenvalue weighted by atomic mass is 28.4. The molecule has 1 saturated carbocycles. The molecule has 1 fully saturated rings. The molecule has 0 atom stereocenters. The first-order valence-electron chi connectivity index (χ1n) is 8.64. The van der Waals surface area contributed by atoms with Crippen LogP contribution in [0.3, 0.4) is 0 Å². The van der Waals surface area contributed by atoms with Gasteiger partial charge in [-0.05, 0) is 55.6 Å². The minimum atomic E-state index is -4.73. The third-order valence-electron chi connectivity index (χ3n) is 5.57. The zero-order valence-corrected chi connectivity index (χ0v) is 17.2. The van der Waals surface area contributed by atoms with E-state index in [4.69, 9.17) is 4.43 Å². The Labute approximate surface area is 154 Å². The zero-order chi connectivity index (χ0) is 20.0. The van der Waals surface area contributed by atoms with Crippen LogP contribution in [0.15, 0.2) is 24.3 Å². The van der Waals surface area contributed by atoms with Crippen LogP contribution in [-0.4, -0.2) is 26.6 Å². The summed E-state index contributed by atoms with van der Waals surface area (Å²) in [5.74, 6) is -0.290. The summed E-state index contributed by atoms with van der Waals surface area (Å²) in [5.41, 5.74) is -0.419. The molecule has 0 aliphatic heterocycles. The minimum absolute atomic E-state index is 0.0615. The van der Waals surface area contributed by atoms with Gasteiger partial charge in [0.2, 0.25) is 0 Å². The molecular weight excluding hydrogens is 361 g/mol. The number of hydrogen-bond acceptors (Lipinski definition) is 3. The summed E-state index contributed by atoms with van der Waals surface area (Å²) in [5, 5.41) is 0.0615. The number of carbonyl (C=O) groups is 1. The average molecular weight is 389 g/mol. The van der Waals surface area contributed by atoms with Crippen LogP contribution in [0, 0.1) is 0 Å². The van der Waals surface area contributed by atoms with E-state index in [9.17, 15) is 18.0 Å². The normalized spacial score (nSPS) is 27.0. The lowest BCUT2D eigenvalue weighted by atomic mass is 9.57. The molecule has 0 saturated heterocycles. The van der Waals surface area contributed by atoms with Gasteiger partial charge in [0.25, 0.3) is 0 Å². The molecule has 146 valence electrons. The monoisotopic (exact) mass is 388 g/mol. The van der Waals surface area contributed by atoms with Gasteiger partial charge in [-0.1, -0.05) is 32.9 Å². The molecule has 0 radical (unpaired) electrons. The first-order chi connectivity index (χ1) is 11.6. The zero-order valence-electron chi connectivity index (χ0n) is 16.2. The predicted molar refractivity (Wildman–Crippen MR) is 96.8 cm³/mol. The summed E-state index contributed by atoms with van der Waals surface area (Å²) in [6.45, 7) is 12.8. The van der Waals surface area contributed by atoms with Gasteiger partial charge in [0.1, 0.15) is 12.0 Å². The Bertz CT molecular complexity index is 654. The number of carbonyl (C=O) groups excluding carboxylic acids is 1. The van der Waals surface area contributed by atoms with Crippen molar-refractivity contribution in [1.29, 1.82) is 0 Å². The smallest absolute Gasteiger partial charge is 0.412 e. The van der Waals surface area contributed by atoms with E-state index in [2.05, 4.69) is 38.6 Å². The maximum Gasteiger partial charge on any atom is 0.573 e. The second kappa shape index (κ2) is 6.37. The van der Waals surface area contributed by atoms with E-state index in [0.29, 0.717) is 18.4 Å². The van der Waals surface area contributed by atoms with Gasteiger partial charge >= 0.3 is 6.36 Å². The van der Waals surface area contributed by atoms with Crippen LogP contribution in [0.4, 0.5) is 13.2 Å². The highest BCUT2D eigenvalue weighted by Gasteiger charge is 2.56. The van der Waals surface area contributed by atoms with Gasteiger partial charge in [-0.25, -0.2) is 0 Å². The molecule has 1 aromatic carbocycles. The van der Waals surface area contributed by atoms with Crippen LogP contribution >= 0.6 is 0 Å². The van der Waals surface area contributed by atoms with E-state index in [0.717, 1.165) is 6.29 Å². The quantitative estimate of drug-likeness (QED) is 0.487. The molecule has 2 rings (SSSR count). The summed E-state index contributed by atoms with van der Waals surface area (Å²) in [6.07, 6.45) is -2.79. The molecule has 3 nitrogen and oxygen atoms in total. The van der Waals surface area contributed by atoms with Crippen molar-refractivity contribution in [2.45, 2.75) is 76.0 Å². The fraction of sp³-hybridized carbons (Fsp3) is 0.632. The van der Waals surface area contributed by atoms with E-state index in [1.165, 1.54) is 24.3 Å². The highest BCUT2D eigenvalue weighted by molar-refractivity contribution is 6.74. The topological polar surface area (TPSA) is 35.5 Å². The minimum Gasteiger partial charge on any atom is -0.412 e. The van der Waals surface area contributed by atoms with Gasteiger partial charge in [0.05, 0.1) is 11.0 Å². The standard InChI is InChI=1S/C19H27F3O3Si/c1-16(2,3)26(5,6)25-17(4)11-18(12-17,13-23)14-7-9-15(10-8-14)24-19(20,21)22/h7-10,13H,11-12H2,1-6H3/t17-,18+. The molecular formula is C19H27F3O3Si. The maximum absolute atomic E-state index is 12.3. The summed E-state index contributed by atoms with van der Waals surface area (Å²) >= 11 is 0. The van der Waals surface area contributed by atoms with Crippen molar-refractivity contribution in [3.8, 4) is 5.75 Å². The largest absolute Gasteiger partial charge is 0.573 e. The molecule has 1 aromatic rings. The summed E-state index contributed by atoms with van der Waals surface area (Å²) in [7, 11) is -1.98. The molecule has 0 amide bonds. The summed E-state index contributed by atoms with van der Waals surface area (Å²) < 4.78 is 47.2. The first-order valence-corrected chi connectivity index (χ1v) is 11.6. The predicted octanol–water partition coefficient (Wildman–Crippen LogP) is 5.60. The second-order valence-corrected chi connectivity index (χ2v) is 13.7. The summed E-state index contributed by atoms with van der Waals surface area (Å²) in [6, 6.07) is 5.56. The fourth-order valence-corrected chi connectivity index (χ4v) is 5.15. The molecule has 7 heteroatoms. The van der Waals surface area contributed by atoms with Crippen molar-refractivity contribution < 1.29 is 27.1 Å².